The van der Waals surface area contributed by atoms with E-state index >= 15 is 0 Å². The maximum absolute atomic E-state index is 11.5. The summed E-state index contributed by atoms with van der Waals surface area (Å²) in [6.07, 6.45) is -2.94. The minimum atomic E-state index is -1.17. The Morgan fingerprint density at radius 2 is 1.68 bits per heavy atom. The number of carbonyl (C=O) groups is 1. The lowest BCUT2D eigenvalue weighted by Crippen LogP contribution is -2.63. The Morgan fingerprint density at radius 1 is 1.12 bits per heavy atom. The topological polar surface area (TPSA) is 85.3 Å². The SMILES string of the molecule is CC(=O)N[C@@H]1[C@@H](O)[C@H](O)[C@@H](CSC(=S)N(C)C)O[C@H]1SC(=S)N(C)C. The maximum atomic E-state index is 11.5. The third kappa shape index (κ3) is 6.81. The van der Waals surface area contributed by atoms with Crippen LogP contribution in [0.4, 0.5) is 0 Å². The lowest BCUT2D eigenvalue weighted by atomic mass is 9.98. The zero-order valence-electron chi connectivity index (χ0n) is 14.8. The van der Waals surface area contributed by atoms with Crippen molar-refractivity contribution in [1.82, 2.24) is 15.1 Å². The van der Waals surface area contributed by atoms with E-state index in [0.717, 1.165) is 0 Å². The van der Waals surface area contributed by atoms with Crippen molar-refractivity contribution in [2.45, 2.75) is 36.7 Å². The van der Waals surface area contributed by atoms with E-state index in [9.17, 15) is 15.0 Å². The summed E-state index contributed by atoms with van der Waals surface area (Å²) in [5.74, 6) is 0.0659. The molecule has 1 saturated heterocycles. The molecule has 0 spiro atoms. The van der Waals surface area contributed by atoms with Gasteiger partial charge in [-0.05, 0) is 0 Å². The zero-order valence-corrected chi connectivity index (χ0v) is 18.1. The molecule has 25 heavy (non-hydrogen) atoms. The third-order valence-electron chi connectivity index (χ3n) is 3.39. The lowest BCUT2D eigenvalue weighted by molar-refractivity contribution is -0.156. The van der Waals surface area contributed by atoms with Gasteiger partial charge in [0.15, 0.2) is 0 Å². The first-order chi connectivity index (χ1) is 11.5. The number of hydrogen-bond acceptors (Lipinski definition) is 8. The second-order valence-corrected chi connectivity index (χ2v) is 9.39. The first-order valence-corrected chi connectivity index (χ1v) is 10.2. The normalized spacial score (nSPS) is 29.0. The van der Waals surface area contributed by atoms with Crippen LogP contribution in [0.15, 0.2) is 0 Å². The van der Waals surface area contributed by atoms with Gasteiger partial charge in [0.2, 0.25) is 5.91 Å². The molecule has 1 heterocycles. The summed E-state index contributed by atoms with van der Waals surface area (Å²) in [5.41, 5.74) is -0.615. The van der Waals surface area contributed by atoms with Gasteiger partial charge in [-0.3, -0.25) is 4.79 Å². The molecule has 144 valence electrons. The molecular weight excluding hydrogens is 402 g/mol. The molecule has 1 rings (SSSR count). The summed E-state index contributed by atoms with van der Waals surface area (Å²) in [4.78, 5) is 15.0. The monoisotopic (exact) mass is 427 g/mol. The Balaban J connectivity index is 2.88. The van der Waals surface area contributed by atoms with E-state index in [1.54, 1.807) is 23.9 Å². The Labute approximate surface area is 167 Å². The molecule has 5 atom stereocenters. The highest BCUT2D eigenvalue weighted by molar-refractivity contribution is 8.23. The van der Waals surface area contributed by atoms with Gasteiger partial charge in [-0.15, -0.1) is 0 Å². The summed E-state index contributed by atoms with van der Waals surface area (Å²) < 4.78 is 7.17. The van der Waals surface area contributed by atoms with Crippen LogP contribution in [0.25, 0.3) is 0 Å². The van der Waals surface area contributed by atoms with Crippen molar-refractivity contribution >= 4 is 62.5 Å². The van der Waals surface area contributed by atoms with Crippen LogP contribution in [0.1, 0.15) is 6.92 Å². The lowest BCUT2D eigenvalue weighted by Gasteiger charge is -2.43. The van der Waals surface area contributed by atoms with Crippen molar-refractivity contribution in [3.63, 3.8) is 0 Å². The molecule has 1 amide bonds. The second kappa shape index (κ2) is 10.2. The van der Waals surface area contributed by atoms with Crippen LogP contribution in [0.2, 0.25) is 0 Å². The Kier molecular flexibility index (Phi) is 9.37. The largest absolute Gasteiger partial charge is 0.388 e. The van der Waals surface area contributed by atoms with E-state index in [1.807, 2.05) is 14.1 Å². The first kappa shape index (κ1) is 22.9. The van der Waals surface area contributed by atoms with Gasteiger partial charge in [-0.1, -0.05) is 48.0 Å². The quantitative estimate of drug-likeness (QED) is 0.537. The van der Waals surface area contributed by atoms with Gasteiger partial charge in [-0.25, -0.2) is 0 Å². The smallest absolute Gasteiger partial charge is 0.217 e. The molecule has 0 saturated carbocycles. The van der Waals surface area contributed by atoms with Crippen LogP contribution in [0, 0.1) is 0 Å². The Bertz CT molecular complexity index is 506. The third-order valence-corrected chi connectivity index (χ3v) is 7.07. The second-order valence-electron chi connectivity index (χ2n) is 6.00. The average Bonchev–Trinajstić information content (AvgIpc) is 2.51. The molecule has 0 aromatic carbocycles. The van der Waals surface area contributed by atoms with Gasteiger partial charge in [0.25, 0.3) is 0 Å². The average molecular weight is 428 g/mol. The molecule has 0 aromatic rings. The molecule has 11 heteroatoms. The van der Waals surface area contributed by atoms with E-state index < -0.39 is 29.8 Å². The standard InChI is InChI=1S/C14H25N3O4S4/c1-7(18)15-9-11(20)10(19)8(6-24-13(22)16(2)3)21-12(9)25-14(23)17(4)5/h8-12,19-20H,6H2,1-5H3,(H,15,18)/t8-,9-,10-,11-,12+/m1/s1. The number of ether oxygens (including phenoxy) is 1. The number of nitrogens with zero attached hydrogens (tertiary/aromatic N) is 2. The number of nitrogens with one attached hydrogen (secondary N) is 1. The minimum absolute atomic E-state index is 0.317. The number of aliphatic hydroxyl groups excluding tert-OH is 2. The van der Waals surface area contributed by atoms with Crippen molar-refractivity contribution < 1.29 is 19.7 Å². The van der Waals surface area contributed by atoms with Gasteiger partial charge in [0.1, 0.15) is 26.3 Å². The number of amides is 1. The first-order valence-electron chi connectivity index (χ1n) is 7.55. The fraction of sp³-hybridized carbons (Fsp3) is 0.786. The van der Waals surface area contributed by atoms with Crippen molar-refractivity contribution in [3.8, 4) is 0 Å². The highest BCUT2D eigenvalue weighted by Gasteiger charge is 2.45. The maximum Gasteiger partial charge on any atom is 0.217 e. The van der Waals surface area contributed by atoms with Gasteiger partial charge >= 0.3 is 0 Å². The summed E-state index contributed by atoms with van der Waals surface area (Å²) >= 11 is 13.1. The molecule has 1 aliphatic rings. The van der Waals surface area contributed by atoms with Crippen molar-refractivity contribution in [3.05, 3.63) is 0 Å². The number of carbonyl (C=O) groups excluding carboxylic acids is 1. The van der Waals surface area contributed by atoms with Crippen LogP contribution >= 0.6 is 48.0 Å². The molecule has 3 N–H and O–H groups in total. The highest BCUT2D eigenvalue weighted by atomic mass is 32.2. The molecule has 1 fully saturated rings. The van der Waals surface area contributed by atoms with E-state index in [-0.39, 0.29) is 5.91 Å². The van der Waals surface area contributed by atoms with Crippen molar-refractivity contribution in [2.24, 2.45) is 0 Å². The van der Waals surface area contributed by atoms with Crippen LogP contribution < -0.4 is 5.32 Å². The fourth-order valence-electron chi connectivity index (χ4n) is 2.05. The number of hydrogen-bond donors (Lipinski definition) is 3. The fourth-order valence-corrected chi connectivity index (χ4v) is 4.36. The van der Waals surface area contributed by atoms with E-state index in [1.165, 1.54) is 30.4 Å². The van der Waals surface area contributed by atoms with Gasteiger partial charge in [0, 0.05) is 40.9 Å². The zero-order chi connectivity index (χ0) is 19.3. The number of aliphatic hydroxyl groups is 2. The predicted molar refractivity (Wildman–Crippen MR) is 111 cm³/mol. The van der Waals surface area contributed by atoms with Crippen LogP contribution in [-0.4, -0.2) is 98.3 Å². The predicted octanol–water partition coefficient (Wildman–Crippen LogP) is 0.0972. The molecule has 7 nitrogen and oxygen atoms in total. The summed E-state index contributed by atoms with van der Waals surface area (Å²) in [6.45, 7) is 1.35. The van der Waals surface area contributed by atoms with Crippen LogP contribution in [0.3, 0.4) is 0 Å². The number of thioether (sulfide) groups is 2. The van der Waals surface area contributed by atoms with Crippen molar-refractivity contribution in [1.29, 1.82) is 0 Å². The Morgan fingerprint density at radius 3 is 2.16 bits per heavy atom. The van der Waals surface area contributed by atoms with E-state index in [0.29, 0.717) is 14.4 Å². The molecule has 0 radical (unpaired) electrons. The number of rotatable bonds is 4. The minimum Gasteiger partial charge on any atom is -0.388 e. The van der Waals surface area contributed by atoms with Crippen LogP contribution in [0.5, 0.6) is 0 Å². The van der Waals surface area contributed by atoms with Gasteiger partial charge in [0.05, 0.1) is 12.1 Å². The number of thiocarbonyl (C=S) groups is 2. The molecule has 0 aromatic heterocycles. The van der Waals surface area contributed by atoms with Crippen molar-refractivity contribution in [2.75, 3.05) is 33.9 Å². The molecule has 1 aliphatic heterocycles. The molecule has 0 unspecified atom stereocenters. The molecule has 0 aliphatic carbocycles. The summed E-state index contributed by atoms with van der Waals surface area (Å²) in [5, 5.41) is 23.5. The van der Waals surface area contributed by atoms with Crippen LogP contribution in [-0.2, 0) is 9.53 Å². The van der Waals surface area contributed by atoms with E-state index in [4.69, 9.17) is 29.2 Å². The summed E-state index contributed by atoms with van der Waals surface area (Å²) in [7, 11) is 7.28. The highest BCUT2D eigenvalue weighted by Crippen LogP contribution is 2.31. The Hall–Kier alpha value is -0.170. The molecule has 0 bridgehead atoms. The summed E-state index contributed by atoms with van der Waals surface area (Å²) in [6, 6.07) is -0.766. The molecular formula is C14H25N3O4S4. The van der Waals surface area contributed by atoms with Gasteiger partial charge < -0.3 is 30.1 Å². The van der Waals surface area contributed by atoms with Gasteiger partial charge in [-0.2, -0.15) is 0 Å². The van der Waals surface area contributed by atoms with E-state index in [2.05, 4.69) is 5.32 Å².